The first-order valence-corrected chi connectivity index (χ1v) is 10.4. The average molecular weight is 396 g/mol. The highest BCUT2D eigenvalue weighted by Gasteiger charge is 2.28. The number of rotatable bonds is 5. The van der Waals surface area contributed by atoms with Crippen LogP contribution in [0.5, 0.6) is 0 Å². The molecule has 1 atom stereocenters. The normalized spacial score (nSPS) is 19.9. The van der Waals surface area contributed by atoms with Crippen molar-refractivity contribution in [1.82, 2.24) is 10.2 Å². The molecule has 0 bridgehead atoms. The van der Waals surface area contributed by atoms with Gasteiger partial charge in [-0.1, -0.05) is 42.5 Å². The van der Waals surface area contributed by atoms with Gasteiger partial charge in [-0.25, -0.2) is 4.79 Å². The predicted octanol–water partition coefficient (Wildman–Crippen LogP) is 2.61. The molecular formula is C23H29N3O3. The molecule has 2 aliphatic heterocycles. The molecule has 154 valence electrons. The Labute approximate surface area is 172 Å². The van der Waals surface area contributed by atoms with Crippen LogP contribution in [0.4, 0.5) is 10.5 Å². The van der Waals surface area contributed by atoms with Crippen molar-refractivity contribution < 1.29 is 14.6 Å². The predicted molar refractivity (Wildman–Crippen MR) is 114 cm³/mol. The molecule has 2 saturated heterocycles. The summed E-state index contributed by atoms with van der Waals surface area (Å²) in [5.74, 6) is 0. The number of carbonyl (C=O) groups is 1. The third kappa shape index (κ3) is 4.89. The summed E-state index contributed by atoms with van der Waals surface area (Å²) in [6.45, 7) is 5.15. The monoisotopic (exact) mass is 395 g/mol. The lowest BCUT2D eigenvalue weighted by molar-refractivity contribution is 0.112. The third-order valence-corrected chi connectivity index (χ3v) is 5.80. The molecule has 0 aliphatic carbocycles. The van der Waals surface area contributed by atoms with Gasteiger partial charge in [-0.15, -0.1) is 0 Å². The van der Waals surface area contributed by atoms with E-state index in [1.807, 2.05) is 6.07 Å². The van der Waals surface area contributed by atoms with Crippen molar-refractivity contribution in [2.75, 3.05) is 50.8 Å². The Morgan fingerprint density at radius 3 is 2.62 bits per heavy atom. The van der Waals surface area contributed by atoms with Crippen molar-refractivity contribution in [3.8, 4) is 0 Å². The van der Waals surface area contributed by atoms with Crippen LogP contribution < -0.4 is 10.2 Å². The van der Waals surface area contributed by atoms with Gasteiger partial charge in [0, 0.05) is 38.4 Å². The van der Waals surface area contributed by atoms with Gasteiger partial charge < -0.3 is 25.0 Å². The number of morpholine rings is 1. The Morgan fingerprint density at radius 2 is 1.86 bits per heavy atom. The summed E-state index contributed by atoms with van der Waals surface area (Å²) in [5.41, 5.74) is 5.00. The molecule has 2 aliphatic rings. The number of amides is 1. The van der Waals surface area contributed by atoms with Gasteiger partial charge in [0.1, 0.15) is 0 Å². The quantitative estimate of drug-likeness (QED) is 0.815. The molecule has 0 radical (unpaired) electrons. The zero-order valence-electron chi connectivity index (χ0n) is 16.7. The molecule has 29 heavy (non-hydrogen) atoms. The molecular weight excluding hydrogens is 366 g/mol. The molecule has 2 N–H and O–H groups in total. The maximum Gasteiger partial charge on any atom is 0.407 e. The summed E-state index contributed by atoms with van der Waals surface area (Å²) in [5, 5.41) is 12.9. The topological polar surface area (TPSA) is 65.0 Å². The van der Waals surface area contributed by atoms with Gasteiger partial charge in [-0.2, -0.15) is 0 Å². The lowest BCUT2D eigenvalue weighted by Crippen LogP contribution is -2.54. The minimum absolute atomic E-state index is 0.0407. The van der Waals surface area contributed by atoms with Gasteiger partial charge in [-0.3, -0.25) is 0 Å². The number of hydrogen-bond donors (Lipinski definition) is 2. The van der Waals surface area contributed by atoms with Crippen LogP contribution in [0.1, 0.15) is 16.7 Å². The zero-order chi connectivity index (χ0) is 20.1. The van der Waals surface area contributed by atoms with Crippen molar-refractivity contribution in [3.63, 3.8) is 0 Å². The number of carboxylic acid groups (broad SMARTS) is 1. The first kappa shape index (κ1) is 19.7. The summed E-state index contributed by atoms with van der Waals surface area (Å²) >= 11 is 0. The van der Waals surface area contributed by atoms with E-state index in [-0.39, 0.29) is 6.04 Å². The highest BCUT2D eigenvalue weighted by Crippen LogP contribution is 2.27. The molecule has 6 nitrogen and oxygen atoms in total. The van der Waals surface area contributed by atoms with Crippen molar-refractivity contribution in [3.05, 3.63) is 65.2 Å². The second-order valence-electron chi connectivity index (χ2n) is 7.76. The highest BCUT2D eigenvalue weighted by atomic mass is 16.5. The molecule has 0 spiro atoms. The fraction of sp³-hybridized carbons (Fsp3) is 0.435. The Kier molecular flexibility index (Phi) is 6.32. The van der Waals surface area contributed by atoms with Gasteiger partial charge in [-0.05, 0) is 35.6 Å². The summed E-state index contributed by atoms with van der Waals surface area (Å²) in [6, 6.07) is 17.1. The first-order valence-electron chi connectivity index (χ1n) is 10.4. The van der Waals surface area contributed by atoms with E-state index in [2.05, 4.69) is 52.7 Å². The Bertz CT molecular complexity index is 821. The smallest absolute Gasteiger partial charge is 0.407 e. The van der Waals surface area contributed by atoms with Crippen LogP contribution in [0.15, 0.2) is 48.5 Å². The van der Waals surface area contributed by atoms with Crippen LogP contribution in [0.3, 0.4) is 0 Å². The third-order valence-electron chi connectivity index (χ3n) is 5.80. The summed E-state index contributed by atoms with van der Waals surface area (Å²) in [7, 11) is 0. The zero-order valence-corrected chi connectivity index (χ0v) is 16.7. The minimum Gasteiger partial charge on any atom is -0.465 e. The van der Waals surface area contributed by atoms with Crippen molar-refractivity contribution in [1.29, 1.82) is 0 Å². The van der Waals surface area contributed by atoms with E-state index >= 15 is 0 Å². The number of ether oxygens (including phenoxy) is 1. The van der Waals surface area contributed by atoms with Crippen molar-refractivity contribution >= 4 is 11.8 Å². The van der Waals surface area contributed by atoms with Gasteiger partial charge >= 0.3 is 6.09 Å². The van der Waals surface area contributed by atoms with Crippen LogP contribution in [-0.2, 0) is 17.6 Å². The number of hydrogen-bond acceptors (Lipinski definition) is 4. The SMILES string of the molecule is O=C(O)N1CCNCC1Cc1ccc(Cc2ccccc2)cc1N1CCOCC1. The van der Waals surface area contributed by atoms with Crippen molar-refractivity contribution in [2.45, 2.75) is 18.9 Å². The van der Waals surface area contributed by atoms with E-state index < -0.39 is 6.09 Å². The van der Waals surface area contributed by atoms with Crippen LogP contribution in [-0.4, -0.2) is 68.1 Å². The summed E-state index contributed by atoms with van der Waals surface area (Å²) in [4.78, 5) is 15.6. The molecule has 1 unspecified atom stereocenters. The Morgan fingerprint density at radius 1 is 1.07 bits per heavy atom. The van der Waals surface area contributed by atoms with Crippen LogP contribution in [0, 0.1) is 0 Å². The second-order valence-corrected chi connectivity index (χ2v) is 7.76. The molecule has 2 aromatic carbocycles. The molecule has 4 rings (SSSR count). The Hall–Kier alpha value is -2.57. The number of nitrogens with one attached hydrogen (secondary N) is 1. The first-order chi connectivity index (χ1) is 14.2. The molecule has 0 aromatic heterocycles. The maximum atomic E-state index is 11.7. The molecule has 0 saturated carbocycles. The maximum absolute atomic E-state index is 11.7. The van der Waals surface area contributed by atoms with Gasteiger partial charge in [0.25, 0.3) is 0 Å². The number of benzene rings is 2. The van der Waals surface area contributed by atoms with Gasteiger partial charge in [0.15, 0.2) is 0 Å². The highest BCUT2D eigenvalue weighted by molar-refractivity contribution is 5.66. The molecule has 2 aromatic rings. The van der Waals surface area contributed by atoms with Crippen LogP contribution in [0.25, 0.3) is 0 Å². The molecule has 6 heteroatoms. The molecule has 2 fully saturated rings. The van der Waals surface area contributed by atoms with E-state index in [4.69, 9.17) is 4.74 Å². The van der Waals surface area contributed by atoms with E-state index in [1.54, 1.807) is 4.90 Å². The van der Waals surface area contributed by atoms with Gasteiger partial charge in [0.05, 0.1) is 19.3 Å². The van der Waals surface area contributed by atoms with E-state index in [0.717, 1.165) is 45.7 Å². The molecule has 1 amide bonds. The molecule has 2 heterocycles. The number of nitrogens with zero attached hydrogens (tertiary/aromatic N) is 2. The van der Waals surface area contributed by atoms with E-state index in [0.29, 0.717) is 13.1 Å². The van der Waals surface area contributed by atoms with E-state index in [9.17, 15) is 9.90 Å². The summed E-state index contributed by atoms with van der Waals surface area (Å²) < 4.78 is 5.55. The second kappa shape index (κ2) is 9.29. The van der Waals surface area contributed by atoms with Crippen LogP contribution >= 0.6 is 0 Å². The Balaban J connectivity index is 1.60. The van der Waals surface area contributed by atoms with E-state index in [1.165, 1.54) is 22.4 Å². The largest absolute Gasteiger partial charge is 0.465 e. The lowest BCUT2D eigenvalue weighted by atomic mass is 9.96. The fourth-order valence-corrected chi connectivity index (χ4v) is 4.27. The van der Waals surface area contributed by atoms with Crippen molar-refractivity contribution in [2.24, 2.45) is 0 Å². The minimum atomic E-state index is -0.829. The average Bonchev–Trinajstić information content (AvgIpc) is 2.76. The number of piperazine rings is 1. The van der Waals surface area contributed by atoms with Crippen LogP contribution in [0.2, 0.25) is 0 Å². The lowest BCUT2D eigenvalue weighted by Gasteiger charge is -2.36. The van der Waals surface area contributed by atoms with Gasteiger partial charge in [0.2, 0.25) is 0 Å². The standard InChI is InChI=1S/C23H29N3O3/c27-23(28)26-9-8-24-17-21(26)16-20-7-6-19(14-18-4-2-1-3-5-18)15-22(20)25-10-12-29-13-11-25/h1-7,15,21,24H,8-14,16-17H2,(H,27,28). The number of anilines is 1. The fourth-order valence-electron chi connectivity index (χ4n) is 4.27. The summed E-state index contributed by atoms with van der Waals surface area (Å²) in [6.07, 6.45) is 0.785.